The van der Waals surface area contributed by atoms with Gasteiger partial charge in [-0.25, -0.2) is 0 Å². The molecule has 1 aromatic carbocycles. The highest BCUT2D eigenvalue weighted by Crippen LogP contribution is 2.30. The Morgan fingerprint density at radius 2 is 2.24 bits per heavy atom. The summed E-state index contributed by atoms with van der Waals surface area (Å²) in [4.78, 5) is 12.3. The molecule has 1 aromatic heterocycles. The zero-order valence-electron chi connectivity index (χ0n) is 14.3. The van der Waals surface area contributed by atoms with Gasteiger partial charge in [-0.1, -0.05) is 48.0 Å². The number of hydrogen-bond acceptors (Lipinski definition) is 7. The van der Waals surface area contributed by atoms with Crippen molar-refractivity contribution in [1.82, 2.24) is 10.2 Å². The summed E-state index contributed by atoms with van der Waals surface area (Å²) >= 11 is 8.90. The van der Waals surface area contributed by atoms with Crippen molar-refractivity contribution < 1.29 is 9.53 Å². The van der Waals surface area contributed by atoms with Crippen LogP contribution in [-0.2, 0) is 4.79 Å². The molecule has 0 fully saturated rings. The molecule has 0 unspecified atom stereocenters. The van der Waals surface area contributed by atoms with Crippen LogP contribution in [-0.4, -0.2) is 35.0 Å². The third-order valence-electron chi connectivity index (χ3n) is 3.28. The average molecular weight is 401 g/mol. The standard InChI is InChI=1S/C16H21ClN4O2S2/c1-4-5-8-18-15-20-21-16(25-15)24-10(2)14(22)19-11-6-7-13(23-3)12(17)9-11/h6-7,9-10H,4-5,8H2,1-3H3,(H,18,20)(H,19,22)/t10-/m0/s1. The number of nitrogens with one attached hydrogen (secondary N) is 2. The summed E-state index contributed by atoms with van der Waals surface area (Å²) in [6.07, 6.45) is 2.21. The molecule has 1 heterocycles. The van der Waals surface area contributed by atoms with Crippen molar-refractivity contribution in [3.63, 3.8) is 0 Å². The van der Waals surface area contributed by atoms with Crippen LogP contribution in [0.15, 0.2) is 22.5 Å². The molecule has 136 valence electrons. The number of carbonyl (C=O) groups excluding carboxylic acids is 1. The molecular weight excluding hydrogens is 380 g/mol. The van der Waals surface area contributed by atoms with E-state index in [9.17, 15) is 4.79 Å². The van der Waals surface area contributed by atoms with Crippen LogP contribution < -0.4 is 15.4 Å². The summed E-state index contributed by atoms with van der Waals surface area (Å²) in [6.45, 7) is 4.85. The number of anilines is 2. The molecule has 0 spiro atoms. The molecule has 2 rings (SSSR count). The molecule has 25 heavy (non-hydrogen) atoms. The Bertz CT molecular complexity index is 711. The monoisotopic (exact) mass is 400 g/mol. The van der Waals surface area contributed by atoms with Crippen LogP contribution in [0.1, 0.15) is 26.7 Å². The van der Waals surface area contributed by atoms with Crippen LogP contribution in [0.3, 0.4) is 0 Å². The Balaban J connectivity index is 1.88. The van der Waals surface area contributed by atoms with Crippen LogP contribution in [0.4, 0.5) is 10.8 Å². The first-order chi connectivity index (χ1) is 12.0. The van der Waals surface area contributed by atoms with Crippen molar-refractivity contribution in [2.24, 2.45) is 0 Å². The highest BCUT2D eigenvalue weighted by molar-refractivity contribution is 8.02. The van der Waals surface area contributed by atoms with Gasteiger partial charge in [0.2, 0.25) is 11.0 Å². The lowest BCUT2D eigenvalue weighted by atomic mass is 10.3. The topological polar surface area (TPSA) is 76.1 Å². The second-order valence-corrected chi connectivity index (χ2v) is 8.22. The molecule has 0 saturated carbocycles. The zero-order valence-corrected chi connectivity index (χ0v) is 16.7. The van der Waals surface area contributed by atoms with E-state index in [2.05, 4.69) is 27.8 Å². The van der Waals surface area contributed by atoms with Crippen molar-refractivity contribution in [1.29, 1.82) is 0 Å². The first-order valence-corrected chi connectivity index (χ1v) is 9.99. The lowest BCUT2D eigenvalue weighted by molar-refractivity contribution is -0.115. The second kappa shape index (κ2) is 9.84. The van der Waals surface area contributed by atoms with E-state index in [1.165, 1.54) is 23.1 Å². The number of thioether (sulfide) groups is 1. The molecular formula is C16H21ClN4O2S2. The van der Waals surface area contributed by atoms with Crippen molar-refractivity contribution in [2.45, 2.75) is 36.3 Å². The molecule has 6 nitrogen and oxygen atoms in total. The number of carbonyl (C=O) groups is 1. The summed E-state index contributed by atoms with van der Waals surface area (Å²) in [5.74, 6) is 0.445. The predicted molar refractivity (Wildman–Crippen MR) is 105 cm³/mol. The molecule has 1 atom stereocenters. The highest BCUT2D eigenvalue weighted by Gasteiger charge is 2.17. The fraction of sp³-hybridized carbons (Fsp3) is 0.438. The van der Waals surface area contributed by atoms with Crippen molar-refractivity contribution in [2.75, 3.05) is 24.3 Å². The van der Waals surface area contributed by atoms with Gasteiger partial charge >= 0.3 is 0 Å². The number of unbranched alkanes of at least 4 members (excludes halogenated alkanes) is 1. The molecule has 2 aromatic rings. The number of rotatable bonds is 9. The first-order valence-electron chi connectivity index (χ1n) is 7.92. The summed E-state index contributed by atoms with van der Waals surface area (Å²) < 4.78 is 5.86. The van der Waals surface area contributed by atoms with E-state index in [1.54, 1.807) is 25.3 Å². The molecule has 0 bridgehead atoms. The van der Waals surface area contributed by atoms with Crippen molar-refractivity contribution >= 4 is 51.4 Å². The molecule has 2 N–H and O–H groups in total. The quantitative estimate of drug-likeness (QED) is 0.475. The molecule has 0 radical (unpaired) electrons. The van der Waals surface area contributed by atoms with Gasteiger partial charge in [-0.15, -0.1) is 10.2 Å². The normalized spacial score (nSPS) is 11.8. The SMILES string of the molecule is CCCCNc1nnc(S[C@@H](C)C(=O)Nc2ccc(OC)c(Cl)c2)s1. The Hall–Kier alpha value is -1.51. The average Bonchev–Trinajstić information content (AvgIpc) is 3.02. The van der Waals surface area contributed by atoms with Gasteiger partial charge in [0.25, 0.3) is 0 Å². The maximum atomic E-state index is 12.3. The fourth-order valence-corrected chi connectivity index (χ4v) is 4.07. The second-order valence-electron chi connectivity index (χ2n) is 5.25. The molecule has 9 heteroatoms. The number of methoxy groups -OCH3 is 1. The predicted octanol–water partition coefficient (Wildman–Crippen LogP) is 4.53. The third kappa shape index (κ3) is 6.05. The van der Waals surface area contributed by atoms with E-state index in [1.807, 2.05) is 6.92 Å². The summed E-state index contributed by atoms with van der Waals surface area (Å²) in [6, 6.07) is 5.13. The third-order valence-corrected chi connectivity index (χ3v) is 5.64. The Morgan fingerprint density at radius 3 is 2.92 bits per heavy atom. The molecule has 0 saturated heterocycles. The molecule has 0 aliphatic rings. The van der Waals surface area contributed by atoms with Crippen LogP contribution in [0.2, 0.25) is 5.02 Å². The maximum absolute atomic E-state index is 12.3. The number of hydrogen-bond donors (Lipinski definition) is 2. The van der Waals surface area contributed by atoms with Gasteiger partial charge in [-0.3, -0.25) is 4.79 Å². The molecule has 0 aliphatic carbocycles. The Kier molecular flexibility index (Phi) is 7.80. The highest BCUT2D eigenvalue weighted by atomic mass is 35.5. The van der Waals surface area contributed by atoms with Crippen LogP contribution in [0.25, 0.3) is 0 Å². The number of benzene rings is 1. The van der Waals surface area contributed by atoms with Gasteiger partial charge in [-0.05, 0) is 31.5 Å². The maximum Gasteiger partial charge on any atom is 0.237 e. The lowest BCUT2D eigenvalue weighted by Crippen LogP contribution is -2.22. The Morgan fingerprint density at radius 1 is 1.44 bits per heavy atom. The van der Waals surface area contributed by atoms with Gasteiger partial charge in [-0.2, -0.15) is 0 Å². The van der Waals surface area contributed by atoms with Crippen LogP contribution in [0.5, 0.6) is 5.75 Å². The fourth-order valence-electron chi connectivity index (χ4n) is 1.89. The summed E-state index contributed by atoms with van der Waals surface area (Å²) in [5, 5.41) is 15.2. The number of halogens is 1. The molecule has 0 aliphatic heterocycles. The largest absolute Gasteiger partial charge is 0.495 e. The number of ether oxygens (including phenoxy) is 1. The Labute approximate surface area is 160 Å². The minimum absolute atomic E-state index is 0.123. The van der Waals surface area contributed by atoms with E-state index in [0.29, 0.717) is 16.5 Å². The first kappa shape index (κ1) is 19.8. The minimum Gasteiger partial charge on any atom is -0.495 e. The van der Waals surface area contributed by atoms with E-state index < -0.39 is 0 Å². The van der Waals surface area contributed by atoms with Gasteiger partial charge in [0.15, 0.2) is 4.34 Å². The van der Waals surface area contributed by atoms with Crippen molar-refractivity contribution in [3.05, 3.63) is 23.2 Å². The van der Waals surface area contributed by atoms with Crippen LogP contribution in [0, 0.1) is 0 Å². The zero-order chi connectivity index (χ0) is 18.2. The number of nitrogens with zero attached hydrogens (tertiary/aromatic N) is 2. The van der Waals surface area contributed by atoms with Gasteiger partial charge < -0.3 is 15.4 Å². The smallest absolute Gasteiger partial charge is 0.237 e. The molecule has 1 amide bonds. The van der Waals surface area contributed by atoms with Crippen LogP contribution >= 0.6 is 34.7 Å². The van der Waals surface area contributed by atoms with E-state index in [4.69, 9.17) is 16.3 Å². The summed E-state index contributed by atoms with van der Waals surface area (Å²) in [7, 11) is 1.55. The van der Waals surface area contributed by atoms with E-state index in [0.717, 1.165) is 28.9 Å². The minimum atomic E-state index is -0.308. The van der Waals surface area contributed by atoms with E-state index in [-0.39, 0.29) is 11.2 Å². The summed E-state index contributed by atoms with van der Waals surface area (Å²) in [5.41, 5.74) is 0.627. The lowest BCUT2D eigenvalue weighted by Gasteiger charge is -2.11. The van der Waals surface area contributed by atoms with E-state index >= 15 is 0 Å². The van der Waals surface area contributed by atoms with Gasteiger partial charge in [0.05, 0.1) is 17.4 Å². The van der Waals surface area contributed by atoms with Gasteiger partial charge in [0.1, 0.15) is 5.75 Å². The number of amides is 1. The van der Waals surface area contributed by atoms with Crippen molar-refractivity contribution in [3.8, 4) is 5.75 Å². The number of aromatic nitrogens is 2. The van der Waals surface area contributed by atoms with Gasteiger partial charge in [0, 0.05) is 12.2 Å².